The molecular weight excluding hydrogens is 235 g/mol. The lowest BCUT2D eigenvalue weighted by molar-refractivity contribution is 0.432. The fraction of sp³-hybridized carbons (Fsp3) is 0. The highest BCUT2D eigenvalue weighted by molar-refractivity contribution is 7.17. The van der Waals surface area contributed by atoms with Gasteiger partial charge in [0.15, 0.2) is 11.6 Å². The number of aromatic hydroxyl groups is 1. The van der Waals surface area contributed by atoms with Gasteiger partial charge in [-0.25, -0.2) is 4.39 Å². The maximum atomic E-state index is 13.3. The molecule has 0 radical (unpaired) electrons. The number of phenols is 1. The van der Waals surface area contributed by atoms with Crippen LogP contribution in [-0.4, -0.2) is 5.11 Å². The van der Waals surface area contributed by atoms with Gasteiger partial charge < -0.3 is 5.11 Å². The van der Waals surface area contributed by atoms with E-state index in [1.807, 2.05) is 29.6 Å². The van der Waals surface area contributed by atoms with Crippen molar-refractivity contribution >= 4 is 21.4 Å². The lowest BCUT2D eigenvalue weighted by atomic mass is 10.0. The Labute approximate surface area is 102 Å². The molecule has 84 valence electrons. The second kappa shape index (κ2) is 3.86. The van der Waals surface area contributed by atoms with Crippen molar-refractivity contribution in [2.75, 3.05) is 0 Å². The summed E-state index contributed by atoms with van der Waals surface area (Å²) in [4.78, 5) is 0. The number of fused-ring (bicyclic) bond motifs is 1. The zero-order chi connectivity index (χ0) is 11.8. The number of thiophene rings is 1. The highest BCUT2D eigenvalue weighted by Crippen LogP contribution is 2.33. The molecule has 1 heterocycles. The lowest BCUT2D eigenvalue weighted by Gasteiger charge is -2.04. The first-order valence-corrected chi connectivity index (χ1v) is 6.09. The van der Waals surface area contributed by atoms with E-state index in [1.165, 1.54) is 12.1 Å². The van der Waals surface area contributed by atoms with Crippen molar-refractivity contribution in [1.82, 2.24) is 0 Å². The van der Waals surface area contributed by atoms with E-state index in [2.05, 4.69) is 0 Å². The summed E-state index contributed by atoms with van der Waals surface area (Å²) in [6.07, 6.45) is 0. The molecule has 1 aromatic heterocycles. The summed E-state index contributed by atoms with van der Waals surface area (Å²) in [5.41, 5.74) is 1.78. The molecule has 0 aliphatic carbocycles. The molecule has 17 heavy (non-hydrogen) atoms. The zero-order valence-electron chi connectivity index (χ0n) is 8.85. The number of halogens is 1. The van der Waals surface area contributed by atoms with Crippen LogP contribution in [0.25, 0.3) is 21.2 Å². The first-order chi connectivity index (χ1) is 8.25. The van der Waals surface area contributed by atoms with Gasteiger partial charge in [-0.05, 0) is 40.1 Å². The van der Waals surface area contributed by atoms with Gasteiger partial charge >= 0.3 is 0 Å². The normalized spacial score (nSPS) is 10.9. The van der Waals surface area contributed by atoms with Crippen LogP contribution in [0.1, 0.15) is 0 Å². The van der Waals surface area contributed by atoms with Crippen LogP contribution in [0, 0.1) is 5.82 Å². The van der Waals surface area contributed by atoms with Crippen molar-refractivity contribution < 1.29 is 9.50 Å². The maximum Gasteiger partial charge on any atom is 0.165 e. The Morgan fingerprint density at radius 2 is 1.94 bits per heavy atom. The predicted molar refractivity (Wildman–Crippen MR) is 68.9 cm³/mol. The van der Waals surface area contributed by atoms with Gasteiger partial charge in [0.2, 0.25) is 0 Å². The van der Waals surface area contributed by atoms with E-state index in [9.17, 15) is 9.50 Å². The van der Waals surface area contributed by atoms with Gasteiger partial charge in [0, 0.05) is 4.70 Å². The molecule has 0 aliphatic rings. The first kappa shape index (κ1) is 10.3. The number of rotatable bonds is 1. The number of hydrogen-bond donors (Lipinski definition) is 1. The van der Waals surface area contributed by atoms with Crippen LogP contribution in [-0.2, 0) is 0 Å². The Bertz CT molecular complexity index is 688. The van der Waals surface area contributed by atoms with Crippen molar-refractivity contribution in [2.45, 2.75) is 0 Å². The number of benzene rings is 2. The standard InChI is InChI=1S/C14H9FOS/c15-12-8-10(4-5-13(12)16)11-3-1-2-9-6-7-17-14(9)11/h1-8,16H. The Morgan fingerprint density at radius 3 is 2.76 bits per heavy atom. The predicted octanol–water partition coefficient (Wildman–Crippen LogP) is 4.41. The Balaban J connectivity index is 2.26. The van der Waals surface area contributed by atoms with Crippen molar-refractivity contribution in [2.24, 2.45) is 0 Å². The van der Waals surface area contributed by atoms with E-state index in [0.717, 1.165) is 21.2 Å². The van der Waals surface area contributed by atoms with E-state index in [4.69, 9.17) is 0 Å². The molecule has 2 aromatic carbocycles. The molecule has 0 aliphatic heterocycles. The smallest absolute Gasteiger partial charge is 0.165 e. The van der Waals surface area contributed by atoms with Crippen LogP contribution >= 0.6 is 11.3 Å². The summed E-state index contributed by atoms with van der Waals surface area (Å²) >= 11 is 1.63. The van der Waals surface area contributed by atoms with Gasteiger partial charge in [0.05, 0.1) is 0 Å². The molecule has 0 bridgehead atoms. The van der Waals surface area contributed by atoms with Crippen LogP contribution in [0.3, 0.4) is 0 Å². The highest BCUT2D eigenvalue weighted by atomic mass is 32.1. The third-order valence-corrected chi connectivity index (χ3v) is 3.70. The molecule has 0 saturated heterocycles. The van der Waals surface area contributed by atoms with Crippen LogP contribution in [0.15, 0.2) is 47.8 Å². The molecule has 3 rings (SSSR count). The van der Waals surface area contributed by atoms with Crippen LogP contribution < -0.4 is 0 Å². The van der Waals surface area contributed by atoms with E-state index in [0.29, 0.717) is 0 Å². The second-order valence-electron chi connectivity index (χ2n) is 3.81. The van der Waals surface area contributed by atoms with Crippen molar-refractivity contribution in [1.29, 1.82) is 0 Å². The molecular formula is C14H9FOS. The maximum absolute atomic E-state index is 13.3. The monoisotopic (exact) mass is 244 g/mol. The SMILES string of the molecule is Oc1ccc(-c2cccc3ccsc23)cc1F. The fourth-order valence-corrected chi connectivity index (χ4v) is 2.83. The van der Waals surface area contributed by atoms with Crippen molar-refractivity contribution in [3.63, 3.8) is 0 Å². The van der Waals surface area contributed by atoms with Gasteiger partial charge in [0.25, 0.3) is 0 Å². The summed E-state index contributed by atoms with van der Waals surface area (Å²) in [6.45, 7) is 0. The van der Waals surface area contributed by atoms with Gasteiger partial charge in [0.1, 0.15) is 0 Å². The van der Waals surface area contributed by atoms with Crippen molar-refractivity contribution in [3.05, 3.63) is 53.7 Å². The third-order valence-electron chi connectivity index (χ3n) is 2.74. The largest absolute Gasteiger partial charge is 0.505 e. The van der Waals surface area contributed by atoms with E-state index >= 15 is 0 Å². The van der Waals surface area contributed by atoms with Crippen LogP contribution in [0.2, 0.25) is 0 Å². The topological polar surface area (TPSA) is 20.2 Å². The third kappa shape index (κ3) is 1.68. The number of hydrogen-bond acceptors (Lipinski definition) is 2. The summed E-state index contributed by atoms with van der Waals surface area (Å²) in [5, 5.41) is 12.4. The average molecular weight is 244 g/mol. The molecule has 0 atom stereocenters. The van der Waals surface area contributed by atoms with Gasteiger partial charge in [-0.2, -0.15) is 0 Å². The molecule has 0 spiro atoms. The molecule has 3 heteroatoms. The van der Waals surface area contributed by atoms with Gasteiger partial charge in [-0.3, -0.25) is 0 Å². The molecule has 0 fully saturated rings. The fourth-order valence-electron chi connectivity index (χ4n) is 1.89. The van der Waals surface area contributed by atoms with Crippen LogP contribution in [0.5, 0.6) is 5.75 Å². The molecule has 3 aromatic rings. The first-order valence-electron chi connectivity index (χ1n) is 5.21. The minimum Gasteiger partial charge on any atom is -0.505 e. The molecule has 1 nitrogen and oxygen atoms in total. The van der Waals surface area contributed by atoms with Crippen LogP contribution in [0.4, 0.5) is 4.39 Å². The lowest BCUT2D eigenvalue weighted by Crippen LogP contribution is -1.81. The quantitative estimate of drug-likeness (QED) is 0.672. The van der Waals surface area contributed by atoms with E-state index in [-0.39, 0.29) is 5.75 Å². The molecule has 0 saturated carbocycles. The molecule has 1 N–H and O–H groups in total. The van der Waals surface area contributed by atoms with Crippen molar-refractivity contribution in [3.8, 4) is 16.9 Å². The van der Waals surface area contributed by atoms with Gasteiger partial charge in [-0.15, -0.1) is 11.3 Å². The number of phenolic OH excluding ortho intramolecular Hbond substituents is 1. The Kier molecular flexibility index (Phi) is 2.34. The minimum absolute atomic E-state index is 0.313. The molecule has 0 amide bonds. The average Bonchev–Trinajstić information content (AvgIpc) is 2.80. The summed E-state index contributed by atoms with van der Waals surface area (Å²) in [5.74, 6) is -0.900. The Morgan fingerprint density at radius 1 is 1.06 bits per heavy atom. The zero-order valence-corrected chi connectivity index (χ0v) is 9.67. The summed E-state index contributed by atoms with van der Waals surface area (Å²) < 4.78 is 14.5. The second-order valence-corrected chi connectivity index (χ2v) is 4.73. The van der Waals surface area contributed by atoms with Gasteiger partial charge in [-0.1, -0.05) is 24.3 Å². The van der Waals surface area contributed by atoms with E-state index < -0.39 is 5.82 Å². The Hall–Kier alpha value is -1.87. The van der Waals surface area contributed by atoms with E-state index in [1.54, 1.807) is 17.4 Å². The minimum atomic E-state index is -0.587. The highest BCUT2D eigenvalue weighted by Gasteiger charge is 2.07. The summed E-state index contributed by atoms with van der Waals surface area (Å²) in [6, 6.07) is 12.5. The molecule has 0 unspecified atom stereocenters. The summed E-state index contributed by atoms with van der Waals surface area (Å²) in [7, 11) is 0.